The van der Waals surface area contributed by atoms with Gasteiger partial charge in [0.1, 0.15) is 0 Å². The van der Waals surface area contributed by atoms with E-state index < -0.39 is 5.97 Å². The van der Waals surface area contributed by atoms with Crippen molar-refractivity contribution in [1.82, 2.24) is 4.57 Å². The number of para-hydroxylation sites is 2. The lowest BCUT2D eigenvalue weighted by molar-refractivity contribution is -0.136. The minimum atomic E-state index is -0.811. The average molecular weight is 301 g/mol. The zero-order valence-electron chi connectivity index (χ0n) is 12.4. The molecule has 0 bridgehead atoms. The summed E-state index contributed by atoms with van der Waals surface area (Å²) in [5.74, 6) is -0.811. The van der Waals surface area contributed by atoms with Gasteiger partial charge in [-0.2, -0.15) is 0 Å². The van der Waals surface area contributed by atoms with Gasteiger partial charge in [-0.3, -0.25) is 4.79 Å². The molecular formula is C20H15NO2. The van der Waals surface area contributed by atoms with Gasteiger partial charge in [0.15, 0.2) is 0 Å². The van der Waals surface area contributed by atoms with Crippen molar-refractivity contribution in [3.8, 4) is 5.69 Å². The molecule has 0 amide bonds. The van der Waals surface area contributed by atoms with E-state index in [-0.39, 0.29) is 6.42 Å². The first kappa shape index (κ1) is 13.6. The Kier molecular flexibility index (Phi) is 3.12. The molecule has 0 saturated carbocycles. The lowest BCUT2D eigenvalue weighted by Crippen LogP contribution is -2.00. The van der Waals surface area contributed by atoms with Gasteiger partial charge in [-0.25, -0.2) is 0 Å². The maximum atomic E-state index is 10.8. The maximum absolute atomic E-state index is 10.8. The van der Waals surface area contributed by atoms with Gasteiger partial charge in [-0.15, -0.1) is 0 Å². The highest BCUT2D eigenvalue weighted by atomic mass is 16.4. The summed E-state index contributed by atoms with van der Waals surface area (Å²) in [4.78, 5) is 10.8. The van der Waals surface area contributed by atoms with E-state index in [4.69, 9.17) is 5.11 Å². The summed E-state index contributed by atoms with van der Waals surface area (Å²) in [6.07, 6.45) is 0.0491. The van der Waals surface area contributed by atoms with Crippen LogP contribution in [-0.2, 0) is 11.2 Å². The molecule has 0 aliphatic rings. The number of carboxylic acid groups (broad SMARTS) is 1. The summed E-state index contributed by atoms with van der Waals surface area (Å²) in [6, 6.07) is 24.4. The average Bonchev–Trinajstić information content (AvgIpc) is 2.90. The minimum absolute atomic E-state index is 0.0491. The van der Waals surface area contributed by atoms with Gasteiger partial charge in [0.25, 0.3) is 0 Å². The van der Waals surface area contributed by atoms with Crippen LogP contribution < -0.4 is 0 Å². The molecule has 1 heterocycles. The van der Waals surface area contributed by atoms with Crippen LogP contribution in [0.5, 0.6) is 0 Å². The van der Waals surface area contributed by atoms with Crippen LogP contribution in [0.1, 0.15) is 5.56 Å². The van der Waals surface area contributed by atoms with Gasteiger partial charge in [-0.05, 0) is 29.8 Å². The maximum Gasteiger partial charge on any atom is 0.307 e. The predicted octanol–water partition coefficient (Wildman–Crippen LogP) is 4.41. The van der Waals surface area contributed by atoms with Crippen molar-refractivity contribution >= 4 is 27.8 Å². The molecule has 0 aliphatic heterocycles. The fourth-order valence-corrected chi connectivity index (χ4v) is 3.14. The molecule has 1 N–H and O–H groups in total. The number of benzene rings is 3. The molecule has 3 nitrogen and oxygen atoms in total. The normalized spacial score (nSPS) is 11.1. The number of aliphatic carboxylic acids is 1. The Labute approximate surface area is 133 Å². The molecule has 4 rings (SSSR count). The van der Waals surface area contributed by atoms with E-state index in [1.165, 1.54) is 10.8 Å². The predicted molar refractivity (Wildman–Crippen MR) is 92.1 cm³/mol. The molecule has 0 atom stereocenters. The zero-order chi connectivity index (χ0) is 15.8. The zero-order valence-corrected chi connectivity index (χ0v) is 12.4. The first-order valence-corrected chi connectivity index (χ1v) is 7.53. The van der Waals surface area contributed by atoms with Crippen LogP contribution in [0, 0.1) is 0 Å². The van der Waals surface area contributed by atoms with Crippen molar-refractivity contribution in [3.05, 3.63) is 78.4 Å². The van der Waals surface area contributed by atoms with Crippen LogP contribution in [0.2, 0.25) is 0 Å². The summed E-state index contributed by atoms with van der Waals surface area (Å²) in [5.41, 5.74) is 4.15. The Morgan fingerprint density at radius 3 is 1.83 bits per heavy atom. The number of hydrogen-bond donors (Lipinski definition) is 1. The van der Waals surface area contributed by atoms with Gasteiger partial charge in [-0.1, -0.05) is 48.5 Å². The summed E-state index contributed by atoms with van der Waals surface area (Å²) < 4.78 is 2.22. The van der Waals surface area contributed by atoms with Crippen LogP contribution >= 0.6 is 0 Å². The Balaban J connectivity index is 1.95. The molecule has 112 valence electrons. The van der Waals surface area contributed by atoms with Gasteiger partial charge < -0.3 is 9.67 Å². The highest BCUT2D eigenvalue weighted by molar-refractivity contribution is 6.09. The van der Waals surface area contributed by atoms with E-state index in [0.717, 1.165) is 22.3 Å². The Morgan fingerprint density at radius 2 is 1.30 bits per heavy atom. The lowest BCUT2D eigenvalue weighted by atomic mass is 10.1. The Hall–Kier alpha value is -3.07. The number of carbonyl (C=O) groups is 1. The molecule has 0 spiro atoms. The van der Waals surface area contributed by atoms with Crippen molar-refractivity contribution in [1.29, 1.82) is 0 Å². The number of rotatable bonds is 3. The standard InChI is InChI=1S/C20H15NO2/c22-20(23)13-14-9-11-15(12-10-14)21-18-7-3-1-5-16(18)17-6-2-4-8-19(17)21/h1-12H,13H2,(H,22,23). The Morgan fingerprint density at radius 1 is 0.783 bits per heavy atom. The van der Waals surface area contributed by atoms with Crippen molar-refractivity contribution in [2.45, 2.75) is 6.42 Å². The van der Waals surface area contributed by atoms with Gasteiger partial charge in [0.05, 0.1) is 17.5 Å². The molecule has 0 saturated heterocycles. The molecule has 0 radical (unpaired) electrons. The third kappa shape index (κ3) is 2.27. The number of hydrogen-bond acceptors (Lipinski definition) is 1. The van der Waals surface area contributed by atoms with E-state index in [1.54, 1.807) is 0 Å². The largest absolute Gasteiger partial charge is 0.481 e. The molecular weight excluding hydrogens is 286 g/mol. The molecule has 1 aromatic heterocycles. The van der Waals surface area contributed by atoms with E-state index in [9.17, 15) is 4.79 Å². The molecule has 0 aliphatic carbocycles. The molecule has 4 aromatic rings. The van der Waals surface area contributed by atoms with E-state index >= 15 is 0 Å². The first-order valence-electron chi connectivity index (χ1n) is 7.53. The number of nitrogens with zero attached hydrogens (tertiary/aromatic N) is 1. The third-order valence-electron chi connectivity index (χ3n) is 4.13. The highest BCUT2D eigenvalue weighted by Crippen LogP contribution is 2.31. The van der Waals surface area contributed by atoms with Crippen LogP contribution in [0.25, 0.3) is 27.5 Å². The van der Waals surface area contributed by atoms with Crippen molar-refractivity contribution < 1.29 is 9.90 Å². The van der Waals surface area contributed by atoms with Crippen LogP contribution in [-0.4, -0.2) is 15.6 Å². The molecule has 0 unspecified atom stereocenters. The highest BCUT2D eigenvalue weighted by Gasteiger charge is 2.11. The van der Waals surface area contributed by atoms with Gasteiger partial charge in [0, 0.05) is 16.5 Å². The number of fused-ring (bicyclic) bond motifs is 3. The first-order chi connectivity index (χ1) is 11.2. The summed E-state index contributed by atoms with van der Waals surface area (Å²) in [6.45, 7) is 0. The van der Waals surface area contributed by atoms with Crippen LogP contribution in [0.3, 0.4) is 0 Å². The monoisotopic (exact) mass is 301 g/mol. The van der Waals surface area contributed by atoms with Gasteiger partial charge >= 0.3 is 5.97 Å². The van der Waals surface area contributed by atoms with Crippen LogP contribution in [0.4, 0.5) is 0 Å². The second kappa shape index (κ2) is 5.29. The molecule has 23 heavy (non-hydrogen) atoms. The Bertz CT molecular complexity index is 960. The molecule has 3 aromatic carbocycles. The third-order valence-corrected chi connectivity index (χ3v) is 4.13. The van der Waals surface area contributed by atoms with E-state index in [1.807, 2.05) is 36.4 Å². The smallest absolute Gasteiger partial charge is 0.307 e. The second-order valence-electron chi connectivity index (χ2n) is 5.61. The lowest BCUT2D eigenvalue weighted by Gasteiger charge is -2.08. The fraction of sp³-hybridized carbons (Fsp3) is 0.0500. The van der Waals surface area contributed by atoms with Gasteiger partial charge in [0.2, 0.25) is 0 Å². The topological polar surface area (TPSA) is 42.2 Å². The van der Waals surface area contributed by atoms with Crippen LogP contribution in [0.15, 0.2) is 72.8 Å². The number of carboxylic acids is 1. The van der Waals surface area contributed by atoms with Crippen molar-refractivity contribution in [2.75, 3.05) is 0 Å². The van der Waals surface area contributed by atoms with E-state index in [2.05, 4.69) is 41.0 Å². The quantitative estimate of drug-likeness (QED) is 0.609. The number of aromatic nitrogens is 1. The van der Waals surface area contributed by atoms with Crippen molar-refractivity contribution in [2.24, 2.45) is 0 Å². The minimum Gasteiger partial charge on any atom is -0.481 e. The second-order valence-corrected chi connectivity index (χ2v) is 5.61. The summed E-state index contributed by atoms with van der Waals surface area (Å²) in [7, 11) is 0. The fourth-order valence-electron chi connectivity index (χ4n) is 3.14. The SMILES string of the molecule is O=C(O)Cc1ccc(-n2c3ccccc3c3ccccc32)cc1. The van der Waals surface area contributed by atoms with Crippen molar-refractivity contribution in [3.63, 3.8) is 0 Å². The summed E-state index contributed by atoms with van der Waals surface area (Å²) in [5, 5.41) is 11.3. The summed E-state index contributed by atoms with van der Waals surface area (Å²) >= 11 is 0. The molecule has 3 heteroatoms. The van der Waals surface area contributed by atoms with E-state index in [0.29, 0.717) is 0 Å². The molecule has 0 fully saturated rings.